The summed E-state index contributed by atoms with van der Waals surface area (Å²) in [5, 5.41) is 20.3. The molecule has 6 unspecified atom stereocenters. The number of nitrogens with zero attached hydrogens (tertiary/aromatic N) is 2. The first-order valence-corrected chi connectivity index (χ1v) is 15.6. The number of hydrogen-bond donors (Lipinski definition) is 3. The lowest BCUT2D eigenvalue weighted by atomic mass is 9.53. The minimum atomic E-state index is -1.08. The summed E-state index contributed by atoms with van der Waals surface area (Å²) in [7, 11) is 3.36. The summed E-state index contributed by atoms with van der Waals surface area (Å²) < 4.78 is 17.6. The van der Waals surface area contributed by atoms with E-state index in [0.717, 1.165) is 36.5 Å². The number of methoxy groups -OCH3 is 2. The number of carboxylic acids is 1. The molecular weight excluding hydrogens is 578 g/mol. The van der Waals surface area contributed by atoms with Crippen molar-refractivity contribution in [2.45, 2.75) is 62.3 Å². The molecule has 0 radical (unpaired) electrons. The number of fused-ring (bicyclic) bond motifs is 2. The molecule has 1 spiro atoms. The molecule has 11 heteroatoms. The standard InChI is InChI=1S/C23H26N2O4.C11H13NO4/c1-27-16-8-14-15(9-17(16)28-2)25-20(26)10-18-21-13-7-19-23(14,22(21)25)4-5-24(19)11-12(13)3-6-29-18;1-7(13)12-10(11(15)16)6-8-2-4-9(14)5-3-8/h3,8-9,13,18-19,21-22H,4-7,10-11H2,1-2H3;2-5,10,14H,6H2,1H3,(H,12,13)(H,15,16)/t;10-/m.1/s1. The van der Waals surface area contributed by atoms with E-state index < -0.39 is 12.0 Å². The molecule has 45 heavy (non-hydrogen) atoms. The topological polar surface area (TPSA) is 138 Å². The highest BCUT2D eigenvalue weighted by molar-refractivity contribution is 5.99. The number of anilines is 1. The third kappa shape index (κ3) is 4.58. The molecule has 0 aromatic heterocycles. The molecule has 4 fully saturated rings. The zero-order chi connectivity index (χ0) is 31.6. The number of ether oxygens (including phenoxy) is 3. The van der Waals surface area contributed by atoms with E-state index >= 15 is 0 Å². The summed E-state index contributed by atoms with van der Waals surface area (Å²) in [6, 6.07) is 10.1. The van der Waals surface area contributed by atoms with E-state index in [1.54, 1.807) is 31.9 Å². The molecule has 238 valence electrons. The Morgan fingerprint density at radius 2 is 1.89 bits per heavy atom. The van der Waals surface area contributed by atoms with Crippen LogP contribution in [0.5, 0.6) is 17.2 Å². The van der Waals surface area contributed by atoms with Crippen LogP contribution in [0.2, 0.25) is 0 Å². The summed E-state index contributed by atoms with van der Waals surface area (Å²) in [4.78, 5) is 39.9. The number of hydrogen-bond acceptors (Lipinski definition) is 8. The third-order valence-corrected chi connectivity index (χ3v) is 10.9. The van der Waals surface area contributed by atoms with Crippen molar-refractivity contribution in [1.82, 2.24) is 10.2 Å². The lowest BCUT2D eigenvalue weighted by molar-refractivity contribution is -0.141. The van der Waals surface area contributed by atoms with Crippen LogP contribution in [0.1, 0.15) is 37.3 Å². The smallest absolute Gasteiger partial charge is 0.326 e. The number of carbonyl (C=O) groups is 3. The molecule has 6 aliphatic rings. The van der Waals surface area contributed by atoms with Crippen LogP contribution in [-0.2, 0) is 31.0 Å². The molecule has 3 saturated heterocycles. The number of rotatable bonds is 6. The molecule has 1 saturated carbocycles. The monoisotopic (exact) mass is 617 g/mol. The van der Waals surface area contributed by atoms with Gasteiger partial charge in [-0.25, -0.2) is 4.79 Å². The van der Waals surface area contributed by atoms with Crippen molar-refractivity contribution in [2.24, 2.45) is 11.8 Å². The van der Waals surface area contributed by atoms with Crippen molar-refractivity contribution >= 4 is 23.5 Å². The molecule has 1 aliphatic carbocycles. The Kier molecular flexibility index (Phi) is 7.28. The number of phenols is 1. The molecule has 2 aromatic rings. The number of carbonyl (C=O) groups excluding carboxylic acids is 2. The second-order valence-corrected chi connectivity index (χ2v) is 12.9. The number of aliphatic carboxylic acids is 1. The quantitative estimate of drug-likeness (QED) is 0.418. The van der Waals surface area contributed by atoms with Crippen molar-refractivity contribution in [3.8, 4) is 17.2 Å². The highest BCUT2D eigenvalue weighted by Gasteiger charge is 2.71. The van der Waals surface area contributed by atoms with Crippen molar-refractivity contribution < 1.29 is 38.8 Å². The molecule has 11 nitrogen and oxygen atoms in total. The maximum Gasteiger partial charge on any atom is 0.326 e. The van der Waals surface area contributed by atoms with E-state index in [9.17, 15) is 14.4 Å². The Labute approximate surface area is 261 Å². The highest BCUT2D eigenvalue weighted by atomic mass is 16.5. The van der Waals surface area contributed by atoms with Crippen molar-refractivity contribution in [1.29, 1.82) is 0 Å². The van der Waals surface area contributed by atoms with Crippen LogP contribution >= 0.6 is 0 Å². The number of phenolic OH excluding ortho intramolecular Hbond substituents is 1. The van der Waals surface area contributed by atoms with Crippen LogP contribution in [-0.4, -0.2) is 91.0 Å². The molecule has 2 amide bonds. The fraction of sp³-hybridized carbons (Fsp3) is 0.500. The average molecular weight is 618 g/mol. The Balaban J connectivity index is 0.000000175. The van der Waals surface area contributed by atoms with E-state index in [2.05, 4.69) is 27.3 Å². The molecule has 8 rings (SSSR count). The van der Waals surface area contributed by atoms with Gasteiger partial charge in [0, 0.05) is 43.3 Å². The minimum absolute atomic E-state index is 0.0242. The molecule has 2 bridgehead atoms. The normalized spacial score (nSPS) is 30.6. The van der Waals surface area contributed by atoms with Gasteiger partial charge in [0.15, 0.2) is 11.5 Å². The Bertz CT molecular complexity index is 1570. The van der Waals surface area contributed by atoms with Crippen LogP contribution in [0.4, 0.5) is 5.69 Å². The summed E-state index contributed by atoms with van der Waals surface area (Å²) >= 11 is 0. The fourth-order valence-corrected chi connectivity index (χ4v) is 9.18. The van der Waals surface area contributed by atoms with Gasteiger partial charge in [0.2, 0.25) is 11.8 Å². The molecule has 7 atom stereocenters. The fourth-order valence-electron chi connectivity index (χ4n) is 9.18. The van der Waals surface area contributed by atoms with Gasteiger partial charge >= 0.3 is 5.97 Å². The van der Waals surface area contributed by atoms with Crippen molar-refractivity contribution in [3.63, 3.8) is 0 Å². The number of piperidine rings is 2. The van der Waals surface area contributed by atoms with Crippen molar-refractivity contribution in [2.75, 3.05) is 38.8 Å². The lowest BCUT2D eigenvalue weighted by Crippen LogP contribution is -2.69. The van der Waals surface area contributed by atoms with Crippen LogP contribution in [0.3, 0.4) is 0 Å². The summed E-state index contributed by atoms with van der Waals surface area (Å²) in [6.07, 6.45) is 5.30. The van der Waals surface area contributed by atoms with Crippen LogP contribution in [0.25, 0.3) is 0 Å². The zero-order valence-corrected chi connectivity index (χ0v) is 25.7. The summed E-state index contributed by atoms with van der Waals surface area (Å²) in [6.45, 7) is 4.08. The van der Waals surface area contributed by atoms with Gasteiger partial charge in [-0.05, 0) is 54.6 Å². The van der Waals surface area contributed by atoms with Crippen LogP contribution in [0, 0.1) is 11.8 Å². The lowest BCUT2D eigenvalue weighted by Gasteiger charge is -2.58. The van der Waals surface area contributed by atoms with Gasteiger partial charge in [0.25, 0.3) is 0 Å². The van der Waals surface area contributed by atoms with Gasteiger partial charge in [-0.2, -0.15) is 0 Å². The van der Waals surface area contributed by atoms with Gasteiger partial charge in [-0.1, -0.05) is 23.8 Å². The average Bonchev–Trinajstić information content (AvgIpc) is 3.48. The first-order valence-electron chi connectivity index (χ1n) is 15.6. The molecule has 2 aromatic carbocycles. The van der Waals surface area contributed by atoms with Crippen LogP contribution < -0.4 is 19.7 Å². The largest absolute Gasteiger partial charge is 0.508 e. The number of nitrogens with one attached hydrogen (secondary N) is 1. The molecule has 3 N–H and O–H groups in total. The van der Waals surface area contributed by atoms with E-state index in [1.807, 2.05) is 6.07 Å². The third-order valence-electron chi connectivity index (χ3n) is 10.9. The first-order chi connectivity index (χ1) is 21.7. The number of aromatic hydroxyl groups is 1. The summed E-state index contributed by atoms with van der Waals surface area (Å²) in [5.74, 6) is 1.23. The van der Waals surface area contributed by atoms with Crippen LogP contribution in [0.15, 0.2) is 48.0 Å². The predicted octanol–water partition coefficient (Wildman–Crippen LogP) is 2.63. The maximum absolute atomic E-state index is 13.5. The number of benzene rings is 2. The molecule has 5 heterocycles. The van der Waals surface area contributed by atoms with Gasteiger partial charge < -0.3 is 34.6 Å². The van der Waals surface area contributed by atoms with Gasteiger partial charge in [-0.15, -0.1) is 0 Å². The predicted molar refractivity (Wildman–Crippen MR) is 164 cm³/mol. The molecular formula is C34H39N3O8. The molecule has 5 aliphatic heterocycles. The van der Waals surface area contributed by atoms with E-state index in [-0.39, 0.29) is 41.5 Å². The second-order valence-electron chi connectivity index (χ2n) is 12.9. The number of carboxylic acid groups (broad SMARTS) is 1. The number of amides is 2. The van der Waals surface area contributed by atoms with E-state index in [1.165, 1.54) is 31.0 Å². The van der Waals surface area contributed by atoms with E-state index in [0.29, 0.717) is 36.7 Å². The van der Waals surface area contributed by atoms with E-state index in [4.69, 9.17) is 24.4 Å². The van der Waals surface area contributed by atoms with Gasteiger partial charge in [0.1, 0.15) is 11.8 Å². The van der Waals surface area contributed by atoms with Gasteiger partial charge in [-0.3, -0.25) is 14.5 Å². The Morgan fingerprint density at radius 3 is 2.58 bits per heavy atom. The van der Waals surface area contributed by atoms with Crippen molar-refractivity contribution in [3.05, 3.63) is 59.2 Å². The first kappa shape index (κ1) is 29.6. The van der Waals surface area contributed by atoms with Gasteiger partial charge in [0.05, 0.1) is 45.1 Å². The Hall–Kier alpha value is -4.09. The SMILES string of the molecule is CC(=O)N[C@H](Cc1ccc(O)cc1)C(=O)O.COc1cc2c(cc1OC)C13CCN4CC5=CCOC6CC(=O)N2C1C6C5CC43. The minimum Gasteiger partial charge on any atom is -0.508 e. The maximum atomic E-state index is 13.5. The Morgan fingerprint density at radius 1 is 1.16 bits per heavy atom. The summed E-state index contributed by atoms with van der Waals surface area (Å²) in [5.41, 5.74) is 4.59. The second kappa shape index (κ2) is 11.1. The highest BCUT2D eigenvalue weighted by Crippen LogP contribution is 2.66. The zero-order valence-electron chi connectivity index (χ0n) is 25.7.